The van der Waals surface area contributed by atoms with Crippen LogP contribution in [0, 0.1) is 11.8 Å². The Labute approximate surface area is 114 Å². The van der Waals surface area contributed by atoms with Gasteiger partial charge in [0.15, 0.2) is 6.10 Å². The first-order valence-electron chi connectivity index (χ1n) is 6.42. The fourth-order valence-electron chi connectivity index (χ4n) is 1.31. The van der Waals surface area contributed by atoms with Gasteiger partial charge >= 0.3 is 5.97 Å². The molecule has 0 bridgehead atoms. The van der Waals surface area contributed by atoms with Crippen molar-refractivity contribution >= 4 is 18.2 Å². The molecule has 0 aromatic rings. The predicted octanol–water partition coefficient (Wildman–Crippen LogP) is 0.241. The van der Waals surface area contributed by atoms with Gasteiger partial charge in [-0.15, -0.1) is 0 Å². The van der Waals surface area contributed by atoms with E-state index in [0.717, 1.165) is 0 Å². The van der Waals surface area contributed by atoms with E-state index in [-0.39, 0.29) is 11.8 Å². The van der Waals surface area contributed by atoms with E-state index in [1.165, 1.54) is 0 Å². The molecule has 6 heteroatoms. The Morgan fingerprint density at radius 1 is 1.11 bits per heavy atom. The number of aldehydes is 1. The zero-order valence-corrected chi connectivity index (χ0v) is 12.2. The van der Waals surface area contributed by atoms with Gasteiger partial charge in [-0.25, -0.2) is 0 Å². The Morgan fingerprint density at radius 2 is 1.63 bits per heavy atom. The number of carbonyl (C=O) groups is 3. The van der Waals surface area contributed by atoms with Crippen LogP contribution in [0.5, 0.6) is 0 Å². The molecule has 0 fully saturated rings. The van der Waals surface area contributed by atoms with Crippen molar-refractivity contribution in [3.8, 4) is 0 Å². The molecular weight excluding hydrogens is 248 g/mol. The van der Waals surface area contributed by atoms with Gasteiger partial charge in [0.25, 0.3) is 5.91 Å². The maximum atomic E-state index is 11.9. The molecule has 1 amide bonds. The minimum atomic E-state index is -0.945. The van der Waals surface area contributed by atoms with Gasteiger partial charge in [-0.2, -0.15) is 0 Å². The molecule has 3 atom stereocenters. The number of hydrogen-bond donors (Lipinski definition) is 2. The summed E-state index contributed by atoms with van der Waals surface area (Å²) in [7, 11) is 0. The minimum Gasteiger partial charge on any atom is -0.451 e. The number of esters is 1. The first-order valence-corrected chi connectivity index (χ1v) is 6.42. The lowest BCUT2D eigenvalue weighted by Crippen LogP contribution is -2.48. The van der Waals surface area contributed by atoms with Crippen molar-refractivity contribution in [3.63, 3.8) is 0 Å². The summed E-state index contributed by atoms with van der Waals surface area (Å²) in [5.41, 5.74) is 5.67. The topological polar surface area (TPSA) is 98.5 Å². The molecule has 0 saturated carbocycles. The molecule has 3 unspecified atom stereocenters. The quantitative estimate of drug-likeness (QED) is 0.511. The zero-order valence-electron chi connectivity index (χ0n) is 12.2. The average Bonchev–Trinajstić information content (AvgIpc) is 2.33. The van der Waals surface area contributed by atoms with Crippen molar-refractivity contribution in [2.24, 2.45) is 17.6 Å². The van der Waals surface area contributed by atoms with Crippen molar-refractivity contribution in [2.75, 3.05) is 0 Å². The van der Waals surface area contributed by atoms with Crippen LogP contribution in [0.4, 0.5) is 0 Å². The minimum absolute atomic E-state index is 0.0720. The van der Waals surface area contributed by atoms with E-state index in [0.29, 0.717) is 6.29 Å². The molecule has 110 valence electrons. The summed E-state index contributed by atoms with van der Waals surface area (Å²) in [5, 5.41) is 2.46. The number of nitrogens with one attached hydrogen (secondary N) is 1. The Kier molecular flexibility index (Phi) is 7.29. The summed E-state index contributed by atoms with van der Waals surface area (Å²) < 4.78 is 5.15. The molecule has 0 aliphatic carbocycles. The number of ether oxygens (including phenoxy) is 1. The largest absolute Gasteiger partial charge is 0.451 e. The highest BCUT2D eigenvalue weighted by molar-refractivity contribution is 5.87. The van der Waals surface area contributed by atoms with Crippen LogP contribution in [-0.2, 0) is 19.1 Å². The van der Waals surface area contributed by atoms with Gasteiger partial charge in [-0.3, -0.25) is 9.59 Å². The summed E-state index contributed by atoms with van der Waals surface area (Å²) in [6.07, 6.45) is -0.337. The maximum Gasteiger partial charge on any atom is 0.323 e. The SMILES string of the molecule is CC(C=O)NC(=O)C(OC(=O)C(N)C(C)C)C(C)C. The monoisotopic (exact) mass is 272 g/mol. The standard InChI is InChI=1S/C13H24N2O4/c1-7(2)10(14)13(18)19-11(8(3)4)12(17)15-9(5)6-16/h6-11H,14H2,1-5H3,(H,15,17). The lowest BCUT2D eigenvalue weighted by atomic mass is 10.0. The van der Waals surface area contributed by atoms with Crippen LogP contribution in [0.25, 0.3) is 0 Å². The number of hydrogen-bond acceptors (Lipinski definition) is 5. The molecule has 0 aromatic heterocycles. The van der Waals surface area contributed by atoms with Crippen LogP contribution in [0.15, 0.2) is 0 Å². The molecule has 0 aromatic carbocycles. The molecular formula is C13H24N2O4. The van der Waals surface area contributed by atoms with Gasteiger partial charge in [-0.1, -0.05) is 27.7 Å². The average molecular weight is 272 g/mol. The van der Waals surface area contributed by atoms with E-state index in [9.17, 15) is 14.4 Å². The van der Waals surface area contributed by atoms with Crippen LogP contribution in [0.3, 0.4) is 0 Å². The van der Waals surface area contributed by atoms with E-state index in [1.54, 1.807) is 34.6 Å². The molecule has 3 N–H and O–H groups in total. The Bertz CT molecular complexity index is 329. The van der Waals surface area contributed by atoms with Gasteiger partial charge in [0.2, 0.25) is 0 Å². The molecule has 6 nitrogen and oxygen atoms in total. The van der Waals surface area contributed by atoms with E-state index >= 15 is 0 Å². The van der Waals surface area contributed by atoms with Crippen LogP contribution >= 0.6 is 0 Å². The summed E-state index contributed by atoms with van der Waals surface area (Å²) in [5.74, 6) is -1.37. The highest BCUT2D eigenvalue weighted by atomic mass is 16.5. The van der Waals surface area contributed by atoms with E-state index in [2.05, 4.69) is 5.32 Å². The van der Waals surface area contributed by atoms with Crippen molar-refractivity contribution in [1.29, 1.82) is 0 Å². The second kappa shape index (κ2) is 7.89. The third-order valence-electron chi connectivity index (χ3n) is 2.67. The molecule has 0 heterocycles. The first kappa shape index (κ1) is 17.6. The van der Waals surface area contributed by atoms with Gasteiger partial charge in [-0.05, 0) is 18.8 Å². The van der Waals surface area contributed by atoms with Crippen LogP contribution in [0.2, 0.25) is 0 Å². The van der Waals surface area contributed by atoms with Crippen LogP contribution in [-0.4, -0.2) is 36.4 Å². The van der Waals surface area contributed by atoms with Gasteiger partial charge in [0.1, 0.15) is 12.3 Å². The Hall–Kier alpha value is -1.43. The van der Waals surface area contributed by atoms with E-state index in [4.69, 9.17) is 10.5 Å². The predicted molar refractivity (Wildman–Crippen MR) is 71.2 cm³/mol. The summed E-state index contributed by atoms with van der Waals surface area (Å²) in [6.45, 7) is 8.65. The van der Waals surface area contributed by atoms with Crippen molar-refractivity contribution in [1.82, 2.24) is 5.32 Å². The second-order valence-electron chi connectivity index (χ2n) is 5.30. The lowest BCUT2D eigenvalue weighted by molar-refractivity contribution is -0.161. The fraction of sp³-hybridized carbons (Fsp3) is 0.769. The van der Waals surface area contributed by atoms with Gasteiger partial charge < -0.3 is 20.6 Å². The van der Waals surface area contributed by atoms with E-state index in [1.807, 2.05) is 0 Å². The maximum absolute atomic E-state index is 11.9. The Morgan fingerprint density at radius 3 is 2.00 bits per heavy atom. The summed E-state index contributed by atoms with van der Waals surface area (Å²) in [6, 6.07) is -1.39. The normalized spacial score (nSPS) is 15.8. The summed E-state index contributed by atoms with van der Waals surface area (Å²) in [4.78, 5) is 34.2. The molecule has 0 aliphatic heterocycles. The number of nitrogens with two attached hydrogens (primary N) is 1. The molecule has 0 rings (SSSR count). The molecule has 0 aliphatic rings. The molecule has 0 radical (unpaired) electrons. The number of amides is 1. The second-order valence-corrected chi connectivity index (χ2v) is 5.30. The number of carbonyl (C=O) groups excluding carboxylic acids is 3. The van der Waals surface area contributed by atoms with Crippen LogP contribution in [0.1, 0.15) is 34.6 Å². The number of rotatable bonds is 7. The Balaban J connectivity index is 4.70. The zero-order chi connectivity index (χ0) is 15.2. The summed E-state index contributed by atoms with van der Waals surface area (Å²) >= 11 is 0. The highest BCUT2D eigenvalue weighted by Crippen LogP contribution is 2.10. The molecule has 0 spiro atoms. The first-order chi connectivity index (χ1) is 8.70. The third-order valence-corrected chi connectivity index (χ3v) is 2.67. The smallest absolute Gasteiger partial charge is 0.323 e. The van der Waals surface area contributed by atoms with Crippen molar-refractivity contribution in [3.05, 3.63) is 0 Å². The third kappa shape index (κ3) is 5.83. The van der Waals surface area contributed by atoms with Gasteiger partial charge in [0.05, 0.1) is 6.04 Å². The fourth-order valence-corrected chi connectivity index (χ4v) is 1.31. The van der Waals surface area contributed by atoms with Crippen LogP contribution < -0.4 is 11.1 Å². The lowest BCUT2D eigenvalue weighted by Gasteiger charge is -2.24. The van der Waals surface area contributed by atoms with Gasteiger partial charge in [0, 0.05) is 0 Å². The molecule has 0 saturated heterocycles. The highest BCUT2D eigenvalue weighted by Gasteiger charge is 2.30. The van der Waals surface area contributed by atoms with E-state index < -0.39 is 30.1 Å². The van der Waals surface area contributed by atoms with Crippen molar-refractivity contribution in [2.45, 2.75) is 52.8 Å². The van der Waals surface area contributed by atoms with Crippen molar-refractivity contribution < 1.29 is 19.1 Å². The molecule has 19 heavy (non-hydrogen) atoms.